The van der Waals surface area contributed by atoms with Crippen molar-refractivity contribution in [3.63, 3.8) is 0 Å². The molecule has 0 amide bonds. The second kappa shape index (κ2) is 14.3. The first-order valence-electron chi connectivity index (χ1n) is 15.1. The number of hydrogen-bond acceptors (Lipinski definition) is 11. The Morgan fingerprint density at radius 2 is 1.63 bits per heavy atom. The Hall–Kier alpha value is -0.890. The molecule has 2 heterocycles. The molecular weight excluding hydrogens is 532 g/mol. The molecule has 11 heteroatoms. The Labute approximate surface area is 246 Å². The largest absolute Gasteiger partial charge is 0.459 e. The summed E-state index contributed by atoms with van der Waals surface area (Å²) in [6.07, 6.45) is -5.74. The molecule has 0 spiro atoms. The maximum Gasteiger partial charge on any atom is 0.311 e. The number of hydrogen-bond donors (Lipinski definition) is 5. The highest BCUT2D eigenvalue weighted by molar-refractivity contribution is 5.73. The minimum atomic E-state index is -1.75. The van der Waals surface area contributed by atoms with Crippen molar-refractivity contribution in [2.45, 2.75) is 141 Å². The predicted octanol–water partition coefficient (Wildman–Crippen LogP) is 0.976. The van der Waals surface area contributed by atoms with Gasteiger partial charge in [-0.1, -0.05) is 20.8 Å². The van der Waals surface area contributed by atoms with E-state index in [0.29, 0.717) is 13.0 Å². The SMILES string of the molecule is CC[C@H]1OC(=O)[C@H](C)[C@@H](O)[C@H](C)[C@@H](OC2OC(C)CC(N(C)C)C2O)[C@@](C)(O)C[C@@H](C)CN(C)[C@H](C)[C@@H](O)[C@]1(C)O. The molecule has 0 aromatic rings. The Morgan fingerprint density at radius 3 is 2.17 bits per heavy atom. The summed E-state index contributed by atoms with van der Waals surface area (Å²) in [5.41, 5.74) is -3.25. The molecule has 4 unspecified atom stereocenters. The molecule has 2 saturated heterocycles. The minimum absolute atomic E-state index is 0.0990. The van der Waals surface area contributed by atoms with Crippen LogP contribution < -0.4 is 0 Å². The van der Waals surface area contributed by atoms with Crippen molar-refractivity contribution < 1.29 is 44.5 Å². The molecule has 0 bridgehead atoms. The van der Waals surface area contributed by atoms with Crippen molar-refractivity contribution in [2.75, 3.05) is 27.7 Å². The number of likely N-dealkylation sites (N-methyl/N-ethyl adjacent to an activating group) is 2. The van der Waals surface area contributed by atoms with E-state index >= 15 is 0 Å². The Morgan fingerprint density at radius 1 is 1.05 bits per heavy atom. The normalized spacial score (nSPS) is 48.4. The molecule has 2 fully saturated rings. The topological polar surface area (TPSA) is 152 Å². The van der Waals surface area contributed by atoms with Gasteiger partial charge in [-0.15, -0.1) is 0 Å². The fraction of sp³-hybridized carbons (Fsp3) is 0.967. The molecule has 0 radical (unpaired) electrons. The monoisotopic (exact) mass is 590 g/mol. The van der Waals surface area contributed by atoms with Gasteiger partial charge in [-0.05, 0) is 80.9 Å². The summed E-state index contributed by atoms with van der Waals surface area (Å²) >= 11 is 0. The number of carbonyl (C=O) groups is 1. The first-order chi connectivity index (χ1) is 18.8. The van der Waals surface area contributed by atoms with Gasteiger partial charge in [0.05, 0.1) is 29.8 Å². The molecule has 2 rings (SSSR count). The first-order valence-corrected chi connectivity index (χ1v) is 15.1. The number of ether oxygens (including phenoxy) is 3. The van der Waals surface area contributed by atoms with Crippen LogP contribution in [0.5, 0.6) is 0 Å². The van der Waals surface area contributed by atoms with E-state index in [0.717, 1.165) is 0 Å². The number of cyclic esters (lactones) is 1. The molecule has 0 aliphatic carbocycles. The number of rotatable bonds is 4. The summed E-state index contributed by atoms with van der Waals surface area (Å²) in [6, 6.07) is -0.733. The molecular formula is C30H58N2O9. The van der Waals surface area contributed by atoms with E-state index in [1.54, 1.807) is 27.7 Å². The van der Waals surface area contributed by atoms with Gasteiger partial charge in [-0.3, -0.25) is 4.79 Å². The Balaban J connectivity index is 2.52. The van der Waals surface area contributed by atoms with E-state index in [4.69, 9.17) is 14.2 Å². The van der Waals surface area contributed by atoms with Gasteiger partial charge in [0.25, 0.3) is 0 Å². The fourth-order valence-electron chi connectivity index (χ4n) is 6.74. The van der Waals surface area contributed by atoms with Crippen molar-refractivity contribution in [2.24, 2.45) is 17.8 Å². The third-order valence-electron chi connectivity index (χ3n) is 9.46. The summed E-state index contributed by atoms with van der Waals surface area (Å²) in [6.45, 7) is 14.2. The van der Waals surface area contributed by atoms with Crippen LogP contribution >= 0.6 is 0 Å². The van der Waals surface area contributed by atoms with Crippen LogP contribution in [-0.2, 0) is 19.0 Å². The van der Waals surface area contributed by atoms with E-state index in [1.807, 2.05) is 44.8 Å². The highest BCUT2D eigenvalue weighted by atomic mass is 16.7. The summed E-state index contributed by atoms with van der Waals surface area (Å²) in [5, 5.41) is 57.0. The molecule has 2 aliphatic heterocycles. The van der Waals surface area contributed by atoms with E-state index in [2.05, 4.69) is 0 Å². The molecule has 242 valence electrons. The quantitative estimate of drug-likeness (QED) is 0.298. The molecule has 5 N–H and O–H groups in total. The maximum atomic E-state index is 13.3. The van der Waals surface area contributed by atoms with Crippen molar-refractivity contribution in [1.82, 2.24) is 9.80 Å². The van der Waals surface area contributed by atoms with E-state index in [1.165, 1.54) is 13.8 Å². The van der Waals surface area contributed by atoms with Crippen LogP contribution in [0.1, 0.15) is 74.7 Å². The van der Waals surface area contributed by atoms with Gasteiger partial charge in [-0.2, -0.15) is 0 Å². The van der Waals surface area contributed by atoms with Crippen molar-refractivity contribution in [1.29, 1.82) is 0 Å². The first kappa shape index (κ1) is 36.3. The van der Waals surface area contributed by atoms with E-state index in [-0.39, 0.29) is 30.9 Å². The van der Waals surface area contributed by atoms with Gasteiger partial charge in [0, 0.05) is 24.5 Å². The van der Waals surface area contributed by atoms with Crippen molar-refractivity contribution in [3.05, 3.63) is 0 Å². The van der Waals surface area contributed by atoms with Crippen molar-refractivity contribution in [3.8, 4) is 0 Å². The molecule has 11 nitrogen and oxygen atoms in total. The summed E-state index contributed by atoms with van der Waals surface area (Å²) < 4.78 is 18.1. The predicted molar refractivity (Wildman–Crippen MR) is 155 cm³/mol. The highest BCUT2D eigenvalue weighted by Crippen LogP contribution is 2.36. The number of nitrogens with zero attached hydrogens (tertiary/aromatic N) is 2. The Bertz CT molecular complexity index is 841. The lowest BCUT2D eigenvalue weighted by Crippen LogP contribution is -2.59. The lowest BCUT2D eigenvalue weighted by molar-refractivity contribution is -0.299. The molecule has 2 aliphatic rings. The number of esters is 1. The van der Waals surface area contributed by atoms with Gasteiger partial charge in [0.2, 0.25) is 0 Å². The molecule has 14 atom stereocenters. The van der Waals surface area contributed by atoms with Gasteiger partial charge in [0.1, 0.15) is 23.9 Å². The fourth-order valence-corrected chi connectivity index (χ4v) is 6.74. The van der Waals surface area contributed by atoms with E-state index < -0.39 is 71.9 Å². The zero-order valence-corrected chi connectivity index (χ0v) is 27.0. The lowest BCUT2D eigenvalue weighted by Gasteiger charge is -2.46. The second-order valence-electron chi connectivity index (χ2n) is 13.6. The average molecular weight is 591 g/mol. The minimum Gasteiger partial charge on any atom is -0.459 e. The Kier molecular flexibility index (Phi) is 12.6. The number of carbonyl (C=O) groups excluding carboxylic acids is 1. The molecule has 0 aromatic heterocycles. The highest BCUT2D eigenvalue weighted by Gasteiger charge is 2.49. The number of aliphatic hydroxyl groups is 5. The molecule has 41 heavy (non-hydrogen) atoms. The molecule has 0 saturated carbocycles. The summed E-state index contributed by atoms with van der Waals surface area (Å²) in [4.78, 5) is 17.1. The van der Waals surface area contributed by atoms with Gasteiger partial charge < -0.3 is 49.5 Å². The van der Waals surface area contributed by atoms with Crippen LogP contribution in [0, 0.1) is 17.8 Å². The smallest absolute Gasteiger partial charge is 0.311 e. The zero-order chi connectivity index (χ0) is 31.6. The van der Waals surface area contributed by atoms with Crippen LogP contribution in [-0.4, -0.2) is 135 Å². The summed E-state index contributed by atoms with van der Waals surface area (Å²) in [7, 11) is 5.58. The van der Waals surface area contributed by atoms with Crippen LogP contribution in [0.4, 0.5) is 0 Å². The van der Waals surface area contributed by atoms with Gasteiger partial charge in [0.15, 0.2) is 6.29 Å². The maximum absolute atomic E-state index is 13.3. The van der Waals surface area contributed by atoms with Gasteiger partial charge >= 0.3 is 5.97 Å². The third kappa shape index (κ3) is 8.39. The van der Waals surface area contributed by atoms with Crippen LogP contribution in [0.3, 0.4) is 0 Å². The van der Waals surface area contributed by atoms with Crippen LogP contribution in [0.2, 0.25) is 0 Å². The van der Waals surface area contributed by atoms with Crippen molar-refractivity contribution >= 4 is 5.97 Å². The average Bonchev–Trinajstić information content (AvgIpc) is 2.87. The van der Waals surface area contributed by atoms with Gasteiger partial charge in [-0.25, -0.2) is 0 Å². The second-order valence-corrected chi connectivity index (χ2v) is 13.6. The zero-order valence-electron chi connectivity index (χ0n) is 27.0. The van der Waals surface area contributed by atoms with E-state index in [9.17, 15) is 30.3 Å². The lowest BCUT2D eigenvalue weighted by atomic mass is 9.78. The number of aliphatic hydroxyl groups excluding tert-OH is 3. The summed E-state index contributed by atoms with van der Waals surface area (Å²) in [5.74, 6) is -2.65. The van der Waals surface area contributed by atoms with Crippen LogP contribution in [0.15, 0.2) is 0 Å². The standard InChI is InChI=1S/C30H58N2O9/c1-12-22-30(8,38)25(35)20(6)32(11)15-16(2)14-29(7,37)26(18(4)23(33)19(5)27(36)40-22)41-28-24(34)21(31(9)10)13-17(3)39-28/h16-26,28,33-35,37-38H,12-15H2,1-11H3/t16-,17?,18+,19-,20-,21?,22-,23+,24?,25-,26-,28?,29+,30-/m1/s1. The van der Waals surface area contributed by atoms with Crippen LogP contribution in [0.25, 0.3) is 0 Å². The molecule has 0 aromatic carbocycles. The third-order valence-corrected chi connectivity index (χ3v) is 9.46.